The monoisotopic (exact) mass is 248 g/mol. The molecular formula is C15H24N2O. The molecule has 3 rings (SSSR count). The molecule has 3 heteroatoms. The van der Waals surface area contributed by atoms with Gasteiger partial charge in [0.15, 0.2) is 0 Å². The Bertz CT molecular complexity index is 369. The van der Waals surface area contributed by atoms with Crippen molar-refractivity contribution in [3.63, 3.8) is 0 Å². The van der Waals surface area contributed by atoms with Crippen LogP contribution in [0.15, 0.2) is 18.2 Å². The van der Waals surface area contributed by atoms with E-state index in [0.717, 1.165) is 23.5 Å². The first-order valence-corrected chi connectivity index (χ1v) is 7.13. The van der Waals surface area contributed by atoms with Gasteiger partial charge in [-0.1, -0.05) is 26.3 Å². The van der Waals surface area contributed by atoms with Gasteiger partial charge in [-0.15, -0.1) is 0 Å². The summed E-state index contributed by atoms with van der Waals surface area (Å²) in [5.41, 5.74) is 0. The van der Waals surface area contributed by atoms with Crippen LogP contribution in [0.1, 0.15) is 33.1 Å². The third-order valence-corrected chi connectivity index (χ3v) is 3.97. The van der Waals surface area contributed by atoms with Gasteiger partial charge < -0.3 is 9.64 Å². The van der Waals surface area contributed by atoms with Crippen LogP contribution in [-0.2, 0) is 0 Å². The zero-order chi connectivity index (χ0) is 13.0. The molecule has 1 aliphatic heterocycles. The van der Waals surface area contributed by atoms with Gasteiger partial charge in [0.05, 0.1) is 7.11 Å². The van der Waals surface area contributed by atoms with Crippen molar-refractivity contribution in [1.29, 1.82) is 0 Å². The van der Waals surface area contributed by atoms with Crippen LogP contribution >= 0.6 is 0 Å². The summed E-state index contributed by atoms with van der Waals surface area (Å²) in [6.07, 6.45) is 4.24. The Hall–Kier alpha value is -1.25. The fourth-order valence-corrected chi connectivity index (χ4v) is 3.12. The zero-order valence-corrected chi connectivity index (χ0v) is 11.7. The molecule has 2 fully saturated rings. The number of hydrogen-bond donors (Lipinski definition) is 0. The third kappa shape index (κ3) is 2.60. The summed E-state index contributed by atoms with van der Waals surface area (Å²) in [5, 5.41) is 0. The zero-order valence-electron chi connectivity index (χ0n) is 11.7. The number of nitrogens with zero attached hydrogens (tertiary/aromatic N) is 2. The molecule has 2 atom stereocenters. The van der Waals surface area contributed by atoms with Crippen molar-refractivity contribution >= 4 is 5.82 Å². The predicted molar refractivity (Wildman–Crippen MR) is 75.2 cm³/mol. The fraction of sp³-hybridized carbons (Fsp3) is 0.667. The molecular weight excluding hydrogens is 224 g/mol. The SMILES string of the molecule is CC.COc1cccc(N2CC3CCCC3C2)n1. The Morgan fingerprint density at radius 3 is 2.44 bits per heavy atom. The van der Waals surface area contributed by atoms with Gasteiger partial charge >= 0.3 is 0 Å². The molecule has 18 heavy (non-hydrogen) atoms. The molecule has 0 N–H and O–H groups in total. The second-order valence-electron chi connectivity index (χ2n) is 4.89. The van der Waals surface area contributed by atoms with Crippen molar-refractivity contribution in [1.82, 2.24) is 4.98 Å². The van der Waals surface area contributed by atoms with E-state index in [1.807, 2.05) is 26.0 Å². The molecule has 1 aromatic rings. The summed E-state index contributed by atoms with van der Waals surface area (Å²) in [5.74, 6) is 3.62. The third-order valence-electron chi connectivity index (χ3n) is 3.97. The van der Waals surface area contributed by atoms with Crippen LogP contribution in [-0.4, -0.2) is 25.2 Å². The summed E-state index contributed by atoms with van der Waals surface area (Å²) in [4.78, 5) is 6.92. The first-order chi connectivity index (χ1) is 8.86. The number of hydrogen-bond acceptors (Lipinski definition) is 3. The van der Waals surface area contributed by atoms with Crippen LogP contribution in [0.25, 0.3) is 0 Å². The van der Waals surface area contributed by atoms with Gasteiger partial charge in [-0.25, -0.2) is 0 Å². The summed E-state index contributed by atoms with van der Waals surface area (Å²) in [7, 11) is 1.67. The van der Waals surface area contributed by atoms with Crippen LogP contribution in [0.3, 0.4) is 0 Å². The van der Waals surface area contributed by atoms with Crippen molar-refractivity contribution in [3.8, 4) is 5.88 Å². The molecule has 2 aliphatic rings. The maximum Gasteiger partial charge on any atom is 0.214 e. The number of ether oxygens (including phenoxy) is 1. The second kappa shape index (κ2) is 6.07. The van der Waals surface area contributed by atoms with E-state index >= 15 is 0 Å². The van der Waals surface area contributed by atoms with E-state index in [-0.39, 0.29) is 0 Å². The quantitative estimate of drug-likeness (QED) is 0.802. The lowest BCUT2D eigenvalue weighted by Crippen LogP contribution is -2.21. The van der Waals surface area contributed by atoms with Crippen molar-refractivity contribution in [2.75, 3.05) is 25.1 Å². The average molecular weight is 248 g/mol. The Balaban J connectivity index is 0.000000574. The van der Waals surface area contributed by atoms with Crippen molar-refractivity contribution in [2.24, 2.45) is 11.8 Å². The Kier molecular flexibility index (Phi) is 4.45. The molecule has 1 saturated heterocycles. The topological polar surface area (TPSA) is 25.4 Å². The second-order valence-corrected chi connectivity index (χ2v) is 4.89. The number of aromatic nitrogens is 1. The maximum atomic E-state index is 5.17. The van der Waals surface area contributed by atoms with Crippen LogP contribution in [0.5, 0.6) is 5.88 Å². The summed E-state index contributed by atoms with van der Waals surface area (Å²) in [6.45, 7) is 6.37. The number of fused-ring (bicyclic) bond motifs is 1. The number of rotatable bonds is 2. The highest BCUT2D eigenvalue weighted by Crippen LogP contribution is 2.39. The predicted octanol–water partition coefficient (Wildman–Crippen LogP) is 3.35. The Morgan fingerprint density at radius 1 is 1.17 bits per heavy atom. The number of methoxy groups -OCH3 is 1. The molecule has 1 saturated carbocycles. The molecule has 1 aromatic heterocycles. The molecule has 2 heterocycles. The van der Waals surface area contributed by atoms with Crippen molar-refractivity contribution in [2.45, 2.75) is 33.1 Å². The molecule has 2 unspecified atom stereocenters. The first-order valence-electron chi connectivity index (χ1n) is 7.13. The van der Waals surface area contributed by atoms with Crippen LogP contribution < -0.4 is 9.64 Å². The van der Waals surface area contributed by atoms with E-state index in [1.165, 1.54) is 32.4 Å². The first kappa shape index (κ1) is 13.2. The normalized spacial score (nSPS) is 25.4. The molecule has 0 amide bonds. The molecule has 1 aliphatic carbocycles. The van der Waals surface area contributed by atoms with Gasteiger partial charge in [-0.3, -0.25) is 0 Å². The van der Waals surface area contributed by atoms with Crippen molar-refractivity contribution in [3.05, 3.63) is 18.2 Å². The van der Waals surface area contributed by atoms with E-state index in [9.17, 15) is 0 Å². The average Bonchev–Trinajstić information content (AvgIpc) is 3.02. The lowest BCUT2D eigenvalue weighted by Gasteiger charge is -2.18. The highest BCUT2D eigenvalue weighted by molar-refractivity contribution is 5.42. The standard InChI is InChI=1S/C13H18N2O.C2H6/c1-16-13-7-3-6-12(14-13)15-8-10-4-2-5-11(10)9-15;1-2/h3,6-7,10-11H,2,4-5,8-9H2,1H3;1-2H3. The van der Waals surface area contributed by atoms with E-state index in [2.05, 4.69) is 16.0 Å². The maximum absolute atomic E-state index is 5.17. The molecule has 0 aromatic carbocycles. The summed E-state index contributed by atoms with van der Waals surface area (Å²) in [6, 6.07) is 6.01. The van der Waals surface area contributed by atoms with Gasteiger partial charge in [-0.2, -0.15) is 4.98 Å². The van der Waals surface area contributed by atoms with E-state index in [0.29, 0.717) is 0 Å². The largest absolute Gasteiger partial charge is 0.481 e. The van der Waals surface area contributed by atoms with E-state index < -0.39 is 0 Å². The fourth-order valence-electron chi connectivity index (χ4n) is 3.12. The highest BCUT2D eigenvalue weighted by atomic mass is 16.5. The van der Waals surface area contributed by atoms with Crippen LogP contribution in [0.4, 0.5) is 5.82 Å². The van der Waals surface area contributed by atoms with Gasteiger partial charge in [-0.05, 0) is 30.7 Å². The lowest BCUT2D eigenvalue weighted by molar-refractivity contribution is 0.398. The van der Waals surface area contributed by atoms with Gasteiger partial charge in [0.25, 0.3) is 0 Å². The Labute approximate surface area is 110 Å². The Morgan fingerprint density at radius 2 is 1.83 bits per heavy atom. The molecule has 0 bridgehead atoms. The lowest BCUT2D eigenvalue weighted by atomic mass is 10.0. The van der Waals surface area contributed by atoms with Crippen LogP contribution in [0.2, 0.25) is 0 Å². The minimum Gasteiger partial charge on any atom is -0.481 e. The van der Waals surface area contributed by atoms with Gasteiger partial charge in [0.1, 0.15) is 5.82 Å². The molecule has 3 nitrogen and oxygen atoms in total. The van der Waals surface area contributed by atoms with Gasteiger partial charge in [0, 0.05) is 19.2 Å². The molecule has 0 spiro atoms. The van der Waals surface area contributed by atoms with E-state index in [1.54, 1.807) is 7.11 Å². The molecule has 0 radical (unpaired) electrons. The van der Waals surface area contributed by atoms with Gasteiger partial charge in [0.2, 0.25) is 5.88 Å². The molecule has 100 valence electrons. The number of pyridine rings is 1. The minimum absolute atomic E-state index is 0.717. The minimum atomic E-state index is 0.717. The van der Waals surface area contributed by atoms with Crippen LogP contribution in [0, 0.1) is 11.8 Å². The number of anilines is 1. The van der Waals surface area contributed by atoms with E-state index in [4.69, 9.17) is 4.74 Å². The summed E-state index contributed by atoms with van der Waals surface area (Å²) < 4.78 is 5.17. The summed E-state index contributed by atoms with van der Waals surface area (Å²) >= 11 is 0. The smallest absolute Gasteiger partial charge is 0.214 e. The highest BCUT2D eigenvalue weighted by Gasteiger charge is 2.36. The van der Waals surface area contributed by atoms with Crippen molar-refractivity contribution < 1.29 is 4.74 Å².